The lowest BCUT2D eigenvalue weighted by atomic mass is 9.79. The summed E-state index contributed by atoms with van der Waals surface area (Å²) >= 11 is 0. The molecule has 1 aromatic heterocycles. The van der Waals surface area contributed by atoms with Crippen LogP contribution < -0.4 is 10.6 Å². The molecule has 6 nitrogen and oxygen atoms in total. The van der Waals surface area contributed by atoms with Gasteiger partial charge in [-0.1, -0.05) is 12.1 Å². The molecule has 0 aliphatic carbocycles. The van der Waals surface area contributed by atoms with Crippen molar-refractivity contribution in [3.05, 3.63) is 59.4 Å². The van der Waals surface area contributed by atoms with E-state index in [-0.39, 0.29) is 17.1 Å². The van der Waals surface area contributed by atoms with Crippen molar-refractivity contribution in [1.29, 1.82) is 0 Å². The molecule has 1 fully saturated rings. The summed E-state index contributed by atoms with van der Waals surface area (Å²) in [6.07, 6.45) is 5.33. The standard InChI is InChI=1S/C20H25N3O3/c1-26-14-20(7-10-21-11-8-20)13-23-19(25)16-4-2-15(3-5-16)18(24)17-6-9-22-12-17/h2-6,9,12,21-22H,7-8,10-11,13-14H2,1H3,(H,23,25). The zero-order valence-corrected chi connectivity index (χ0v) is 15.0. The maximum atomic E-state index is 12.5. The number of ether oxygens (including phenoxy) is 1. The molecule has 3 N–H and O–H groups in total. The van der Waals surface area contributed by atoms with E-state index in [1.807, 2.05) is 0 Å². The summed E-state index contributed by atoms with van der Waals surface area (Å²) in [4.78, 5) is 27.7. The van der Waals surface area contributed by atoms with Gasteiger partial charge in [-0.15, -0.1) is 0 Å². The summed E-state index contributed by atoms with van der Waals surface area (Å²) in [6, 6.07) is 8.51. The number of methoxy groups -OCH3 is 1. The van der Waals surface area contributed by atoms with Gasteiger partial charge in [0.2, 0.25) is 0 Å². The van der Waals surface area contributed by atoms with Crippen molar-refractivity contribution in [3.63, 3.8) is 0 Å². The summed E-state index contributed by atoms with van der Waals surface area (Å²) in [6.45, 7) is 3.11. The number of amides is 1. The van der Waals surface area contributed by atoms with E-state index in [0.29, 0.717) is 29.8 Å². The van der Waals surface area contributed by atoms with E-state index in [4.69, 9.17) is 4.74 Å². The molecule has 1 aliphatic rings. The maximum Gasteiger partial charge on any atom is 0.251 e. The SMILES string of the molecule is COCC1(CNC(=O)c2ccc(C(=O)c3cc[nH]c3)cc2)CCNCC1. The molecule has 0 atom stereocenters. The van der Waals surface area contributed by atoms with E-state index < -0.39 is 0 Å². The topological polar surface area (TPSA) is 83.2 Å². The number of nitrogens with one attached hydrogen (secondary N) is 3. The number of aromatic amines is 1. The average Bonchev–Trinajstić information content (AvgIpc) is 3.21. The number of ketones is 1. The molecule has 0 saturated carbocycles. The van der Waals surface area contributed by atoms with E-state index in [2.05, 4.69) is 15.6 Å². The van der Waals surface area contributed by atoms with Crippen LogP contribution in [0.25, 0.3) is 0 Å². The summed E-state index contributed by atoms with van der Waals surface area (Å²) in [5.41, 5.74) is 1.71. The quantitative estimate of drug-likeness (QED) is 0.663. The zero-order chi connectivity index (χ0) is 18.4. The van der Waals surface area contributed by atoms with E-state index >= 15 is 0 Å². The summed E-state index contributed by atoms with van der Waals surface area (Å²) in [5, 5.41) is 6.38. The molecular formula is C20H25N3O3. The molecule has 2 aromatic rings. The maximum absolute atomic E-state index is 12.5. The van der Waals surface area contributed by atoms with Gasteiger partial charge in [-0.25, -0.2) is 0 Å². The van der Waals surface area contributed by atoms with Crippen LogP contribution in [-0.2, 0) is 4.74 Å². The molecule has 1 aliphatic heterocycles. The van der Waals surface area contributed by atoms with Crippen molar-refractivity contribution < 1.29 is 14.3 Å². The summed E-state index contributed by atoms with van der Waals surface area (Å²) in [7, 11) is 1.70. The van der Waals surface area contributed by atoms with E-state index in [9.17, 15) is 9.59 Å². The molecule has 138 valence electrons. The summed E-state index contributed by atoms with van der Waals surface area (Å²) < 4.78 is 5.38. The average molecular weight is 355 g/mol. The van der Waals surface area contributed by atoms with Crippen LogP contribution in [0.5, 0.6) is 0 Å². The highest BCUT2D eigenvalue weighted by Gasteiger charge is 2.32. The highest BCUT2D eigenvalue weighted by molar-refractivity contribution is 6.09. The lowest BCUT2D eigenvalue weighted by molar-refractivity contribution is 0.0511. The van der Waals surface area contributed by atoms with E-state index in [1.54, 1.807) is 49.8 Å². The molecule has 2 heterocycles. The van der Waals surface area contributed by atoms with Crippen LogP contribution in [-0.4, -0.2) is 50.0 Å². The first-order valence-electron chi connectivity index (χ1n) is 8.89. The molecule has 1 amide bonds. The fraction of sp³-hybridized carbons (Fsp3) is 0.400. The van der Waals surface area contributed by atoms with Crippen molar-refractivity contribution in [2.24, 2.45) is 5.41 Å². The van der Waals surface area contributed by atoms with Gasteiger partial charge in [0.05, 0.1) is 6.61 Å². The van der Waals surface area contributed by atoms with Gasteiger partial charge in [0.15, 0.2) is 5.78 Å². The third kappa shape index (κ3) is 4.20. The molecule has 0 radical (unpaired) electrons. The molecule has 0 spiro atoms. The molecular weight excluding hydrogens is 330 g/mol. The van der Waals surface area contributed by atoms with E-state index in [1.165, 1.54) is 0 Å². The Morgan fingerprint density at radius 2 is 1.77 bits per heavy atom. The number of H-pyrrole nitrogens is 1. The van der Waals surface area contributed by atoms with Gasteiger partial charge in [-0.2, -0.15) is 0 Å². The second-order valence-corrected chi connectivity index (χ2v) is 6.87. The monoisotopic (exact) mass is 355 g/mol. The number of carbonyl (C=O) groups excluding carboxylic acids is 2. The van der Waals surface area contributed by atoms with Crippen LogP contribution in [0, 0.1) is 5.41 Å². The molecule has 3 rings (SSSR count). The largest absolute Gasteiger partial charge is 0.384 e. The van der Waals surface area contributed by atoms with Crippen LogP contribution >= 0.6 is 0 Å². The predicted molar refractivity (Wildman–Crippen MR) is 99.4 cm³/mol. The van der Waals surface area contributed by atoms with Crippen molar-refractivity contribution in [3.8, 4) is 0 Å². The first-order valence-corrected chi connectivity index (χ1v) is 8.89. The Labute approximate surface area is 153 Å². The predicted octanol–water partition coefficient (Wildman–Crippen LogP) is 1.99. The number of hydrogen-bond acceptors (Lipinski definition) is 4. The fourth-order valence-corrected chi connectivity index (χ4v) is 3.41. The number of carbonyl (C=O) groups is 2. The minimum Gasteiger partial charge on any atom is -0.384 e. The minimum absolute atomic E-state index is 0.0140. The number of rotatable bonds is 7. The van der Waals surface area contributed by atoms with Gasteiger partial charge in [0.1, 0.15) is 0 Å². The Bertz CT molecular complexity index is 727. The highest BCUT2D eigenvalue weighted by Crippen LogP contribution is 2.28. The van der Waals surface area contributed by atoms with Crippen LogP contribution in [0.1, 0.15) is 39.1 Å². The first kappa shape index (κ1) is 18.4. The second kappa shape index (κ2) is 8.29. The van der Waals surface area contributed by atoms with Gasteiger partial charge < -0.3 is 20.4 Å². The smallest absolute Gasteiger partial charge is 0.251 e. The van der Waals surface area contributed by atoms with Crippen LogP contribution in [0.2, 0.25) is 0 Å². The molecule has 1 saturated heterocycles. The normalized spacial score (nSPS) is 16.2. The third-order valence-electron chi connectivity index (χ3n) is 5.01. The number of piperidine rings is 1. The highest BCUT2D eigenvalue weighted by atomic mass is 16.5. The Morgan fingerprint density at radius 1 is 1.08 bits per heavy atom. The van der Waals surface area contributed by atoms with Gasteiger partial charge in [-0.05, 0) is 44.1 Å². The molecule has 6 heteroatoms. The molecule has 0 bridgehead atoms. The van der Waals surface area contributed by atoms with Crippen molar-refractivity contribution in [2.45, 2.75) is 12.8 Å². The van der Waals surface area contributed by atoms with Gasteiger partial charge in [0.25, 0.3) is 5.91 Å². The van der Waals surface area contributed by atoms with Gasteiger partial charge in [0, 0.05) is 48.2 Å². The third-order valence-corrected chi connectivity index (χ3v) is 5.01. The molecule has 0 unspecified atom stereocenters. The van der Waals surface area contributed by atoms with Crippen LogP contribution in [0.15, 0.2) is 42.7 Å². The Balaban J connectivity index is 1.62. The minimum atomic E-state index is -0.125. The van der Waals surface area contributed by atoms with Gasteiger partial charge >= 0.3 is 0 Å². The molecule has 26 heavy (non-hydrogen) atoms. The summed E-state index contributed by atoms with van der Waals surface area (Å²) in [5.74, 6) is -0.188. The Morgan fingerprint density at radius 3 is 2.38 bits per heavy atom. The van der Waals surface area contributed by atoms with Crippen LogP contribution in [0.3, 0.4) is 0 Å². The Hall–Kier alpha value is -2.44. The number of hydrogen-bond donors (Lipinski definition) is 3. The van der Waals surface area contributed by atoms with Crippen molar-refractivity contribution >= 4 is 11.7 Å². The van der Waals surface area contributed by atoms with Crippen LogP contribution in [0.4, 0.5) is 0 Å². The van der Waals surface area contributed by atoms with Crippen molar-refractivity contribution in [1.82, 2.24) is 15.6 Å². The number of aromatic nitrogens is 1. The van der Waals surface area contributed by atoms with Gasteiger partial charge in [-0.3, -0.25) is 9.59 Å². The molecule has 1 aromatic carbocycles. The first-order chi connectivity index (χ1) is 12.6. The number of benzene rings is 1. The zero-order valence-electron chi connectivity index (χ0n) is 15.0. The van der Waals surface area contributed by atoms with E-state index in [0.717, 1.165) is 25.9 Å². The lowest BCUT2D eigenvalue weighted by Gasteiger charge is -2.37. The Kier molecular flexibility index (Phi) is 5.85. The van der Waals surface area contributed by atoms with Crippen molar-refractivity contribution in [2.75, 3.05) is 33.4 Å². The lowest BCUT2D eigenvalue weighted by Crippen LogP contribution is -2.47. The fourth-order valence-electron chi connectivity index (χ4n) is 3.41. The second-order valence-electron chi connectivity index (χ2n) is 6.87.